The number of nitriles is 1. The van der Waals surface area contributed by atoms with E-state index in [4.69, 9.17) is 5.26 Å². The Bertz CT molecular complexity index is 369. The smallest absolute Gasteiger partial charge is 0.309 e. The fourth-order valence-electron chi connectivity index (χ4n) is 4.47. The van der Waals surface area contributed by atoms with E-state index in [9.17, 15) is 9.90 Å². The minimum absolute atomic E-state index is 0.0823. The van der Waals surface area contributed by atoms with Crippen molar-refractivity contribution in [2.75, 3.05) is 0 Å². The van der Waals surface area contributed by atoms with Crippen molar-refractivity contribution in [1.29, 1.82) is 5.26 Å². The van der Waals surface area contributed by atoms with Crippen LogP contribution in [-0.4, -0.2) is 11.1 Å². The van der Waals surface area contributed by atoms with Crippen molar-refractivity contribution in [1.82, 2.24) is 0 Å². The molecule has 0 heterocycles. The summed E-state index contributed by atoms with van der Waals surface area (Å²) in [5, 5.41) is 18.8. The van der Waals surface area contributed by atoms with E-state index in [1.807, 2.05) is 0 Å². The predicted molar refractivity (Wildman–Crippen MR) is 78.0 cm³/mol. The van der Waals surface area contributed by atoms with Crippen molar-refractivity contribution < 1.29 is 9.90 Å². The molecule has 1 N–H and O–H groups in total. The molecule has 0 bridgehead atoms. The highest BCUT2D eigenvalue weighted by Gasteiger charge is 2.48. The highest BCUT2D eigenvalue weighted by molar-refractivity contribution is 5.75. The molecular formula is C17H27NO2. The number of carboxylic acids is 1. The number of aliphatic carboxylic acids is 1. The first-order valence-electron chi connectivity index (χ1n) is 8.25. The molecule has 0 aromatic carbocycles. The van der Waals surface area contributed by atoms with Crippen LogP contribution >= 0.6 is 0 Å². The minimum Gasteiger partial charge on any atom is -0.481 e. The fraction of sp³-hybridized carbons (Fsp3) is 0.882. The van der Waals surface area contributed by atoms with E-state index in [0.29, 0.717) is 18.8 Å². The molecule has 3 nitrogen and oxygen atoms in total. The summed E-state index contributed by atoms with van der Waals surface area (Å²) in [4.78, 5) is 11.9. The number of nitrogens with zero attached hydrogens (tertiary/aromatic N) is 1. The van der Waals surface area contributed by atoms with Gasteiger partial charge >= 0.3 is 5.97 Å². The second kappa shape index (κ2) is 6.61. The fourth-order valence-corrected chi connectivity index (χ4v) is 4.47. The number of hydrogen-bond donors (Lipinski definition) is 1. The van der Waals surface area contributed by atoms with Crippen LogP contribution in [0.3, 0.4) is 0 Å². The lowest BCUT2D eigenvalue weighted by Crippen LogP contribution is -2.43. The van der Waals surface area contributed by atoms with Crippen molar-refractivity contribution in [3.8, 4) is 6.07 Å². The summed E-state index contributed by atoms with van der Waals surface area (Å²) in [5.74, 6) is 0.636. The maximum atomic E-state index is 11.9. The number of rotatable bonds is 4. The molecule has 0 atom stereocenters. The first kappa shape index (κ1) is 15.4. The summed E-state index contributed by atoms with van der Waals surface area (Å²) >= 11 is 0. The average molecular weight is 277 g/mol. The van der Waals surface area contributed by atoms with Crippen LogP contribution in [0.4, 0.5) is 0 Å². The normalized spacial score (nSPS) is 38.1. The summed E-state index contributed by atoms with van der Waals surface area (Å²) in [6.45, 7) is 2.23. The van der Waals surface area contributed by atoms with Gasteiger partial charge in [0, 0.05) is 5.92 Å². The Morgan fingerprint density at radius 3 is 2.25 bits per heavy atom. The van der Waals surface area contributed by atoms with Gasteiger partial charge in [0.05, 0.1) is 11.5 Å². The van der Waals surface area contributed by atoms with Gasteiger partial charge < -0.3 is 5.11 Å². The van der Waals surface area contributed by atoms with Gasteiger partial charge in [0.1, 0.15) is 0 Å². The lowest BCUT2D eigenvalue weighted by atomic mass is 9.59. The maximum absolute atomic E-state index is 11.9. The third-order valence-electron chi connectivity index (χ3n) is 5.81. The molecule has 2 fully saturated rings. The zero-order valence-electron chi connectivity index (χ0n) is 12.6. The Hall–Kier alpha value is -1.04. The Labute approximate surface area is 122 Å². The molecule has 0 amide bonds. The SMILES string of the molecule is CCCC1CCC(C2(C(=O)O)CCC(C#N)CC2)CC1. The van der Waals surface area contributed by atoms with E-state index in [2.05, 4.69) is 13.0 Å². The Morgan fingerprint density at radius 2 is 1.80 bits per heavy atom. The summed E-state index contributed by atoms with van der Waals surface area (Å²) < 4.78 is 0. The van der Waals surface area contributed by atoms with Gasteiger partial charge in [-0.15, -0.1) is 0 Å². The van der Waals surface area contributed by atoms with Gasteiger partial charge in [0.15, 0.2) is 0 Å². The van der Waals surface area contributed by atoms with Gasteiger partial charge in [0.2, 0.25) is 0 Å². The number of hydrogen-bond acceptors (Lipinski definition) is 2. The molecule has 0 spiro atoms. The van der Waals surface area contributed by atoms with E-state index in [1.165, 1.54) is 25.7 Å². The summed E-state index contributed by atoms with van der Waals surface area (Å²) in [5.41, 5.74) is -0.523. The zero-order chi connectivity index (χ0) is 14.6. The molecule has 0 aromatic rings. The van der Waals surface area contributed by atoms with Crippen LogP contribution in [0.25, 0.3) is 0 Å². The van der Waals surface area contributed by atoms with E-state index in [0.717, 1.165) is 31.6 Å². The molecule has 0 aromatic heterocycles. The summed E-state index contributed by atoms with van der Waals surface area (Å²) in [6.07, 6.45) is 10.1. The van der Waals surface area contributed by atoms with Gasteiger partial charge in [-0.2, -0.15) is 5.26 Å². The second-order valence-electron chi connectivity index (χ2n) is 6.87. The molecule has 0 aliphatic heterocycles. The van der Waals surface area contributed by atoms with Gasteiger partial charge in [-0.3, -0.25) is 4.79 Å². The first-order chi connectivity index (χ1) is 9.62. The van der Waals surface area contributed by atoms with E-state index in [-0.39, 0.29) is 5.92 Å². The Morgan fingerprint density at radius 1 is 1.20 bits per heavy atom. The number of carbonyl (C=O) groups is 1. The van der Waals surface area contributed by atoms with E-state index < -0.39 is 11.4 Å². The van der Waals surface area contributed by atoms with Crippen LogP contribution in [0.15, 0.2) is 0 Å². The molecule has 0 saturated heterocycles. The molecule has 112 valence electrons. The molecule has 2 aliphatic carbocycles. The Balaban J connectivity index is 2.00. The second-order valence-corrected chi connectivity index (χ2v) is 6.87. The maximum Gasteiger partial charge on any atom is 0.309 e. The van der Waals surface area contributed by atoms with Crippen LogP contribution in [0.2, 0.25) is 0 Å². The van der Waals surface area contributed by atoms with Crippen LogP contribution in [0, 0.1) is 34.5 Å². The van der Waals surface area contributed by atoms with Crippen molar-refractivity contribution >= 4 is 5.97 Å². The van der Waals surface area contributed by atoms with Crippen LogP contribution in [-0.2, 0) is 4.79 Å². The first-order valence-corrected chi connectivity index (χ1v) is 8.25. The minimum atomic E-state index is -0.604. The molecular weight excluding hydrogens is 250 g/mol. The Kier molecular flexibility index (Phi) is 5.07. The van der Waals surface area contributed by atoms with Crippen molar-refractivity contribution in [2.24, 2.45) is 23.2 Å². The summed E-state index contributed by atoms with van der Waals surface area (Å²) in [6, 6.07) is 2.31. The van der Waals surface area contributed by atoms with E-state index in [1.54, 1.807) is 0 Å². The predicted octanol–water partition coefficient (Wildman–Crippen LogP) is 4.38. The topological polar surface area (TPSA) is 61.1 Å². The molecule has 2 aliphatic rings. The molecule has 2 saturated carbocycles. The zero-order valence-corrected chi connectivity index (χ0v) is 12.6. The van der Waals surface area contributed by atoms with Crippen molar-refractivity contribution in [3.63, 3.8) is 0 Å². The van der Waals surface area contributed by atoms with Crippen LogP contribution in [0.1, 0.15) is 71.1 Å². The third-order valence-corrected chi connectivity index (χ3v) is 5.81. The lowest BCUT2D eigenvalue weighted by Gasteiger charge is -2.44. The highest BCUT2D eigenvalue weighted by Crippen LogP contribution is 2.50. The monoisotopic (exact) mass is 277 g/mol. The largest absolute Gasteiger partial charge is 0.481 e. The molecule has 20 heavy (non-hydrogen) atoms. The van der Waals surface area contributed by atoms with Gasteiger partial charge in [0.25, 0.3) is 0 Å². The molecule has 0 radical (unpaired) electrons. The number of carboxylic acid groups (broad SMARTS) is 1. The third kappa shape index (κ3) is 3.00. The standard InChI is InChI=1S/C17H27NO2/c1-2-3-13-4-6-15(7-5-13)17(16(19)20)10-8-14(12-18)9-11-17/h13-15H,2-11H2,1H3,(H,19,20). The molecule has 0 unspecified atom stereocenters. The van der Waals surface area contributed by atoms with E-state index >= 15 is 0 Å². The molecule has 2 rings (SSSR count). The van der Waals surface area contributed by atoms with Gasteiger partial charge in [-0.05, 0) is 50.4 Å². The van der Waals surface area contributed by atoms with Crippen molar-refractivity contribution in [2.45, 2.75) is 71.1 Å². The molecule has 3 heteroatoms. The van der Waals surface area contributed by atoms with Crippen LogP contribution < -0.4 is 0 Å². The summed E-state index contributed by atoms with van der Waals surface area (Å²) in [7, 11) is 0. The van der Waals surface area contributed by atoms with Gasteiger partial charge in [-0.1, -0.05) is 32.6 Å². The lowest BCUT2D eigenvalue weighted by molar-refractivity contribution is -0.157. The highest BCUT2D eigenvalue weighted by atomic mass is 16.4. The average Bonchev–Trinajstić information content (AvgIpc) is 2.48. The quantitative estimate of drug-likeness (QED) is 0.829. The van der Waals surface area contributed by atoms with Gasteiger partial charge in [-0.25, -0.2) is 0 Å². The van der Waals surface area contributed by atoms with Crippen molar-refractivity contribution in [3.05, 3.63) is 0 Å². The van der Waals surface area contributed by atoms with Crippen LogP contribution in [0.5, 0.6) is 0 Å².